The zero-order valence-electron chi connectivity index (χ0n) is 14.5. The highest BCUT2D eigenvalue weighted by molar-refractivity contribution is 5.93. The van der Waals surface area contributed by atoms with Gasteiger partial charge in [0.1, 0.15) is 5.41 Å². The molecule has 3 unspecified atom stereocenters. The van der Waals surface area contributed by atoms with Crippen molar-refractivity contribution in [1.29, 1.82) is 0 Å². The van der Waals surface area contributed by atoms with Crippen LogP contribution >= 0.6 is 0 Å². The molecule has 1 aliphatic rings. The Labute approximate surface area is 142 Å². The van der Waals surface area contributed by atoms with Crippen molar-refractivity contribution in [3.05, 3.63) is 35.4 Å². The SMILES string of the molecule is CCC(O)C1N(C(=O)CN)CC1(C(N)=O)c1ccccc1C(C)C. The Morgan fingerprint density at radius 1 is 1.38 bits per heavy atom. The maximum atomic E-state index is 12.5. The van der Waals surface area contributed by atoms with E-state index in [1.165, 1.54) is 4.90 Å². The predicted molar refractivity (Wildman–Crippen MR) is 92.3 cm³/mol. The summed E-state index contributed by atoms with van der Waals surface area (Å²) in [4.78, 5) is 26.1. The number of aliphatic hydroxyl groups excluding tert-OH is 1. The third kappa shape index (κ3) is 2.70. The lowest BCUT2D eigenvalue weighted by atomic mass is 9.62. The van der Waals surface area contributed by atoms with Crippen LogP contribution in [-0.2, 0) is 15.0 Å². The maximum absolute atomic E-state index is 12.5. The molecule has 3 atom stereocenters. The second-order valence-electron chi connectivity index (χ2n) is 6.72. The second-order valence-corrected chi connectivity index (χ2v) is 6.72. The van der Waals surface area contributed by atoms with Gasteiger partial charge in [0.05, 0.1) is 18.7 Å². The molecule has 24 heavy (non-hydrogen) atoms. The van der Waals surface area contributed by atoms with E-state index >= 15 is 0 Å². The second kappa shape index (κ2) is 6.91. The summed E-state index contributed by atoms with van der Waals surface area (Å²) in [5.74, 6) is -0.614. The highest BCUT2D eigenvalue weighted by Crippen LogP contribution is 2.45. The molecule has 0 bridgehead atoms. The van der Waals surface area contributed by atoms with Gasteiger partial charge in [-0.1, -0.05) is 45.0 Å². The highest BCUT2D eigenvalue weighted by Gasteiger charge is 2.62. The normalized spacial score (nSPS) is 24.6. The van der Waals surface area contributed by atoms with Crippen LogP contribution in [0.15, 0.2) is 24.3 Å². The summed E-state index contributed by atoms with van der Waals surface area (Å²) in [6.07, 6.45) is -0.431. The Morgan fingerprint density at radius 2 is 2.00 bits per heavy atom. The fourth-order valence-corrected chi connectivity index (χ4v) is 3.74. The third-order valence-corrected chi connectivity index (χ3v) is 5.04. The molecule has 6 nitrogen and oxygen atoms in total. The van der Waals surface area contributed by atoms with Crippen LogP contribution in [0.2, 0.25) is 0 Å². The van der Waals surface area contributed by atoms with E-state index in [1.807, 2.05) is 45.0 Å². The van der Waals surface area contributed by atoms with E-state index in [1.54, 1.807) is 0 Å². The quantitative estimate of drug-likeness (QED) is 0.703. The van der Waals surface area contributed by atoms with Crippen molar-refractivity contribution >= 4 is 11.8 Å². The number of benzene rings is 1. The standard InChI is InChI=1S/C18H27N3O3/c1-4-14(22)16-18(17(20)24,10-21(16)15(23)9-19)13-8-6-5-7-12(13)11(2)3/h5-8,11,14,16,22H,4,9-10,19H2,1-3H3,(H2,20,24). The highest BCUT2D eigenvalue weighted by atomic mass is 16.3. The van der Waals surface area contributed by atoms with Crippen molar-refractivity contribution < 1.29 is 14.7 Å². The van der Waals surface area contributed by atoms with Gasteiger partial charge in [-0.15, -0.1) is 0 Å². The molecule has 2 rings (SSSR count). The molecular formula is C18H27N3O3. The number of nitrogens with two attached hydrogens (primary N) is 2. The van der Waals surface area contributed by atoms with Gasteiger partial charge in [-0.2, -0.15) is 0 Å². The Morgan fingerprint density at radius 3 is 2.50 bits per heavy atom. The van der Waals surface area contributed by atoms with Gasteiger partial charge in [-0.3, -0.25) is 9.59 Å². The number of aliphatic hydroxyl groups is 1. The van der Waals surface area contributed by atoms with Gasteiger partial charge >= 0.3 is 0 Å². The van der Waals surface area contributed by atoms with Gasteiger partial charge in [0.25, 0.3) is 0 Å². The molecule has 132 valence electrons. The van der Waals surface area contributed by atoms with Crippen molar-refractivity contribution in [2.24, 2.45) is 11.5 Å². The molecule has 0 spiro atoms. The molecule has 1 saturated heterocycles. The van der Waals surface area contributed by atoms with Gasteiger partial charge in [-0.05, 0) is 23.5 Å². The van der Waals surface area contributed by atoms with Crippen molar-refractivity contribution in [2.75, 3.05) is 13.1 Å². The van der Waals surface area contributed by atoms with Gasteiger partial charge in [-0.25, -0.2) is 0 Å². The van der Waals surface area contributed by atoms with E-state index in [9.17, 15) is 14.7 Å². The minimum atomic E-state index is -1.08. The number of nitrogens with zero attached hydrogens (tertiary/aromatic N) is 1. The van der Waals surface area contributed by atoms with Crippen LogP contribution in [-0.4, -0.2) is 47.1 Å². The lowest BCUT2D eigenvalue weighted by Gasteiger charge is -2.58. The number of carbonyl (C=O) groups is 2. The third-order valence-electron chi connectivity index (χ3n) is 5.04. The minimum absolute atomic E-state index is 0.157. The number of amides is 2. The first-order valence-electron chi connectivity index (χ1n) is 8.38. The molecule has 1 aliphatic heterocycles. The number of hydrogen-bond acceptors (Lipinski definition) is 4. The molecular weight excluding hydrogens is 306 g/mol. The van der Waals surface area contributed by atoms with Crippen LogP contribution in [0.4, 0.5) is 0 Å². The fraction of sp³-hybridized carbons (Fsp3) is 0.556. The molecule has 0 aromatic heterocycles. The molecule has 1 aromatic rings. The summed E-state index contributed by atoms with van der Waals surface area (Å²) in [6, 6.07) is 6.93. The van der Waals surface area contributed by atoms with Crippen LogP contribution < -0.4 is 11.5 Å². The van der Waals surface area contributed by atoms with Crippen molar-refractivity contribution in [3.8, 4) is 0 Å². The van der Waals surface area contributed by atoms with Crippen molar-refractivity contribution in [3.63, 3.8) is 0 Å². The summed E-state index contributed by atoms with van der Waals surface area (Å²) >= 11 is 0. The average molecular weight is 333 g/mol. The molecule has 1 fully saturated rings. The Kier molecular flexibility index (Phi) is 5.30. The van der Waals surface area contributed by atoms with Crippen LogP contribution in [0.1, 0.15) is 44.2 Å². The maximum Gasteiger partial charge on any atom is 0.236 e. The zero-order chi connectivity index (χ0) is 18.1. The largest absolute Gasteiger partial charge is 0.391 e. The van der Waals surface area contributed by atoms with Gasteiger partial charge in [0.2, 0.25) is 11.8 Å². The van der Waals surface area contributed by atoms with E-state index in [0.717, 1.165) is 11.1 Å². The summed E-state index contributed by atoms with van der Waals surface area (Å²) in [6.45, 7) is 5.89. The summed E-state index contributed by atoms with van der Waals surface area (Å²) < 4.78 is 0. The van der Waals surface area contributed by atoms with Crippen molar-refractivity contribution in [1.82, 2.24) is 4.90 Å². The molecule has 0 radical (unpaired) electrons. The molecule has 6 heteroatoms. The average Bonchev–Trinajstić information content (AvgIpc) is 2.53. The van der Waals surface area contributed by atoms with Gasteiger partial charge in [0, 0.05) is 6.54 Å². The number of primary amides is 1. The Bertz CT molecular complexity index is 632. The Balaban J connectivity index is 2.60. The first kappa shape index (κ1) is 18.4. The van der Waals surface area contributed by atoms with Crippen LogP contribution in [0.25, 0.3) is 0 Å². The topological polar surface area (TPSA) is 110 Å². The summed E-state index contributed by atoms with van der Waals surface area (Å²) in [5.41, 5.74) is 12.0. The van der Waals surface area contributed by atoms with Crippen molar-refractivity contribution in [2.45, 2.75) is 50.7 Å². The van der Waals surface area contributed by atoms with Gasteiger partial charge in [0.15, 0.2) is 0 Å². The lowest BCUT2D eigenvalue weighted by Crippen LogP contribution is -2.77. The lowest BCUT2D eigenvalue weighted by molar-refractivity contribution is -0.161. The van der Waals surface area contributed by atoms with Gasteiger partial charge < -0.3 is 21.5 Å². The smallest absolute Gasteiger partial charge is 0.236 e. The number of hydrogen-bond donors (Lipinski definition) is 3. The number of likely N-dealkylation sites (tertiary alicyclic amines) is 1. The molecule has 2 amide bonds. The number of rotatable bonds is 6. The minimum Gasteiger partial charge on any atom is -0.391 e. The molecule has 1 aromatic carbocycles. The first-order chi connectivity index (χ1) is 11.3. The van der Waals surface area contributed by atoms with Crippen LogP contribution in [0.3, 0.4) is 0 Å². The van der Waals surface area contributed by atoms with E-state index in [4.69, 9.17) is 11.5 Å². The van der Waals surface area contributed by atoms with Crippen LogP contribution in [0.5, 0.6) is 0 Å². The van der Waals surface area contributed by atoms with E-state index in [-0.39, 0.29) is 24.9 Å². The number of carbonyl (C=O) groups excluding carboxylic acids is 2. The fourth-order valence-electron chi connectivity index (χ4n) is 3.74. The van der Waals surface area contributed by atoms with E-state index in [0.29, 0.717) is 6.42 Å². The van der Waals surface area contributed by atoms with Crippen LogP contribution in [0, 0.1) is 0 Å². The summed E-state index contributed by atoms with van der Waals surface area (Å²) in [5, 5.41) is 10.5. The molecule has 1 heterocycles. The first-order valence-corrected chi connectivity index (χ1v) is 8.38. The summed E-state index contributed by atoms with van der Waals surface area (Å²) in [7, 11) is 0. The van der Waals surface area contributed by atoms with E-state index < -0.39 is 23.5 Å². The zero-order valence-corrected chi connectivity index (χ0v) is 14.5. The predicted octanol–water partition coefficient (Wildman–Crippen LogP) is 0.474. The molecule has 5 N–H and O–H groups in total. The molecule has 0 saturated carbocycles. The molecule has 0 aliphatic carbocycles. The Hall–Kier alpha value is -1.92. The van der Waals surface area contributed by atoms with E-state index in [2.05, 4.69) is 0 Å². The monoisotopic (exact) mass is 333 g/mol.